The monoisotopic (exact) mass is 303 g/mol. The quantitative estimate of drug-likeness (QED) is 0.780. The zero-order chi connectivity index (χ0) is 15.7. The van der Waals surface area contributed by atoms with E-state index in [9.17, 15) is 13.6 Å². The van der Waals surface area contributed by atoms with Crippen molar-refractivity contribution in [2.45, 2.75) is 45.4 Å². The van der Waals surface area contributed by atoms with Crippen molar-refractivity contribution < 1.29 is 13.6 Å². The summed E-state index contributed by atoms with van der Waals surface area (Å²) in [6.07, 6.45) is 7.45. The SMILES string of the molecule is CCC/C=C1/C2=C(CCCC2)C(=O)N1c1ccc(F)cc1F. The summed E-state index contributed by atoms with van der Waals surface area (Å²) >= 11 is 0. The first-order valence-electron chi connectivity index (χ1n) is 7.85. The molecule has 116 valence electrons. The van der Waals surface area contributed by atoms with Gasteiger partial charge in [0, 0.05) is 17.3 Å². The highest BCUT2D eigenvalue weighted by Crippen LogP contribution is 2.42. The highest BCUT2D eigenvalue weighted by atomic mass is 19.1. The normalized spacial score (nSPS) is 20.0. The average molecular weight is 303 g/mol. The molecule has 0 saturated heterocycles. The third kappa shape index (κ3) is 2.47. The molecule has 2 aliphatic rings. The number of halogens is 2. The molecule has 1 heterocycles. The molecule has 4 heteroatoms. The largest absolute Gasteiger partial charge is 0.274 e. The van der Waals surface area contributed by atoms with Gasteiger partial charge in [-0.15, -0.1) is 0 Å². The maximum Gasteiger partial charge on any atom is 0.259 e. The number of hydrogen-bond donors (Lipinski definition) is 0. The summed E-state index contributed by atoms with van der Waals surface area (Å²) in [5, 5.41) is 0. The Morgan fingerprint density at radius 2 is 1.91 bits per heavy atom. The Hall–Kier alpha value is -1.97. The van der Waals surface area contributed by atoms with E-state index in [0.717, 1.165) is 61.4 Å². The van der Waals surface area contributed by atoms with Gasteiger partial charge in [0.2, 0.25) is 0 Å². The molecule has 0 bridgehead atoms. The lowest BCUT2D eigenvalue weighted by Gasteiger charge is -2.21. The minimum atomic E-state index is -0.699. The fourth-order valence-electron chi connectivity index (χ4n) is 3.20. The number of hydrogen-bond acceptors (Lipinski definition) is 1. The van der Waals surface area contributed by atoms with E-state index in [4.69, 9.17) is 0 Å². The summed E-state index contributed by atoms with van der Waals surface area (Å²) in [4.78, 5) is 14.1. The fourth-order valence-corrected chi connectivity index (χ4v) is 3.20. The Kier molecular flexibility index (Phi) is 4.10. The highest BCUT2D eigenvalue weighted by Gasteiger charge is 2.37. The topological polar surface area (TPSA) is 20.3 Å². The predicted molar refractivity (Wildman–Crippen MR) is 82.3 cm³/mol. The van der Waals surface area contributed by atoms with Crippen LogP contribution in [-0.2, 0) is 4.79 Å². The van der Waals surface area contributed by atoms with Crippen molar-refractivity contribution in [1.29, 1.82) is 0 Å². The molecule has 1 amide bonds. The van der Waals surface area contributed by atoms with Gasteiger partial charge in [0.15, 0.2) is 0 Å². The summed E-state index contributed by atoms with van der Waals surface area (Å²) in [7, 11) is 0. The second-order valence-corrected chi connectivity index (χ2v) is 5.78. The molecule has 2 nitrogen and oxygen atoms in total. The molecule has 1 aliphatic carbocycles. The molecule has 0 aromatic heterocycles. The lowest BCUT2D eigenvalue weighted by Crippen LogP contribution is -2.26. The van der Waals surface area contributed by atoms with Crippen LogP contribution in [0.25, 0.3) is 0 Å². The number of unbranched alkanes of at least 4 members (excludes halogenated alkanes) is 1. The van der Waals surface area contributed by atoms with Gasteiger partial charge in [-0.2, -0.15) is 0 Å². The van der Waals surface area contributed by atoms with Crippen LogP contribution >= 0.6 is 0 Å². The van der Waals surface area contributed by atoms with Gasteiger partial charge in [0.1, 0.15) is 11.6 Å². The first-order valence-corrected chi connectivity index (χ1v) is 7.85. The van der Waals surface area contributed by atoms with Crippen LogP contribution in [0.2, 0.25) is 0 Å². The van der Waals surface area contributed by atoms with Crippen LogP contribution in [0.1, 0.15) is 45.4 Å². The molecule has 0 N–H and O–H groups in total. The number of benzene rings is 1. The van der Waals surface area contributed by atoms with Gasteiger partial charge < -0.3 is 0 Å². The van der Waals surface area contributed by atoms with Crippen LogP contribution in [0.3, 0.4) is 0 Å². The van der Waals surface area contributed by atoms with Crippen molar-refractivity contribution in [1.82, 2.24) is 0 Å². The Morgan fingerprint density at radius 3 is 2.59 bits per heavy atom. The summed E-state index contributed by atoms with van der Waals surface area (Å²) in [5.41, 5.74) is 2.79. The van der Waals surface area contributed by atoms with E-state index in [-0.39, 0.29) is 11.6 Å². The summed E-state index contributed by atoms with van der Waals surface area (Å²) < 4.78 is 27.3. The van der Waals surface area contributed by atoms with Crippen molar-refractivity contribution in [2.24, 2.45) is 0 Å². The molecular weight excluding hydrogens is 284 g/mol. The molecule has 0 spiro atoms. The zero-order valence-electron chi connectivity index (χ0n) is 12.7. The number of allylic oxidation sites excluding steroid dienone is 2. The summed E-state index contributed by atoms with van der Waals surface area (Å²) in [5.74, 6) is -1.48. The number of carbonyl (C=O) groups is 1. The number of amides is 1. The minimum Gasteiger partial charge on any atom is -0.274 e. The average Bonchev–Trinajstić information content (AvgIpc) is 2.78. The van der Waals surface area contributed by atoms with E-state index in [1.54, 1.807) is 0 Å². The van der Waals surface area contributed by atoms with E-state index < -0.39 is 11.6 Å². The smallest absolute Gasteiger partial charge is 0.259 e. The third-order valence-corrected chi connectivity index (χ3v) is 4.26. The molecule has 0 atom stereocenters. The zero-order valence-corrected chi connectivity index (χ0v) is 12.7. The van der Waals surface area contributed by atoms with Crippen LogP contribution in [0.15, 0.2) is 41.1 Å². The van der Waals surface area contributed by atoms with Crippen molar-refractivity contribution in [3.05, 3.63) is 52.8 Å². The number of rotatable bonds is 3. The standard InChI is InChI=1S/C18H19F2NO/c1-2-3-8-16-13-6-4-5-7-14(13)18(22)21(16)17-10-9-12(19)11-15(17)20/h8-11H,2-7H2,1H3/b16-8-. The minimum absolute atomic E-state index is 0.142. The van der Waals surface area contributed by atoms with Crippen LogP contribution in [0.4, 0.5) is 14.5 Å². The maximum atomic E-state index is 14.2. The maximum absolute atomic E-state index is 14.2. The van der Waals surface area contributed by atoms with Gasteiger partial charge in [-0.25, -0.2) is 8.78 Å². The van der Waals surface area contributed by atoms with Crippen molar-refractivity contribution in [3.63, 3.8) is 0 Å². The number of carbonyl (C=O) groups excluding carboxylic acids is 1. The predicted octanol–water partition coefficient (Wildman–Crippen LogP) is 4.87. The van der Waals surface area contributed by atoms with Gasteiger partial charge in [0.05, 0.1) is 5.69 Å². The second kappa shape index (κ2) is 6.03. The van der Waals surface area contributed by atoms with Gasteiger partial charge in [-0.1, -0.05) is 19.4 Å². The molecule has 1 aromatic carbocycles. The van der Waals surface area contributed by atoms with Crippen molar-refractivity contribution in [3.8, 4) is 0 Å². The first kappa shape index (κ1) is 14.9. The van der Waals surface area contributed by atoms with Crippen LogP contribution in [0.5, 0.6) is 0 Å². The Balaban J connectivity index is 2.08. The van der Waals surface area contributed by atoms with Gasteiger partial charge in [-0.05, 0) is 49.8 Å². The van der Waals surface area contributed by atoms with Crippen molar-refractivity contribution in [2.75, 3.05) is 4.90 Å². The third-order valence-electron chi connectivity index (χ3n) is 4.26. The lowest BCUT2D eigenvalue weighted by atomic mass is 9.92. The molecule has 0 saturated carbocycles. The molecule has 22 heavy (non-hydrogen) atoms. The van der Waals surface area contributed by atoms with E-state index in [1.807, 2.05) is 6.08 Å². The summed E-state index contributed by atoms with van der Waals surface area (Å²) in [6, 6.07) is 3.37. The van der Waals surface area contributed by atoms with Crippen LogP contribution in [0, 0.1) is 11.6 Å². The van der Waals surface area contributed by atoms with E-state index in [0.29, 0.717) is 0 Å². The second-order valence-electron chi connectivity index (χ2n) is 5.78. The Labute approximate surface area is 129 Å². The molecule has 1 aromatic rings. The summed E-state index contributed by atoms with van der Waals surface area (Å²) in [6.45, 7) is 2.06. The van der Waals surface area contributed by atoms with Crippen LogP contribution in [-0.4, -0.2) is 5.91 Å². The van der Waals surface area contributed by atoms with E-state index in [1.165, 1.54) is 17.0 Å². The molecule has 0 unspecified atom stereocenters. The van der Waals surface area contributed by atoms with E-state index in [2.05, 4.69) is 6.92 Å². The van der Waals surface area contributed by atoms with Crippen LogP contribution < -0.4 is 4.90 Å². The fraction of sp³-hybridized carbons (Fsp3) is 0.389. The first-order chi connectivity index (χ1) is 10.6. The number of anilines is 1. The molecule has 1 aliphatic heterocycles. The molecule has 0 radical (unpaired) electrons. The molecule has 3 rings (SSSR count). The van der Waals surface area contributed by atoms with Gasteiger partial charge in [0.25, 0.3) is 5.91 Å². The van der Waals surface area contributed by atoms with Gasteiger partial charge in [-0.3, -0.25) is 9.69 Å². The molecular formula is C18H19F2NO. The Morgan fingerprint density at radius 1 is 1.18 bits per heavy atom. The highest BCUT2D eigenvalue weighted by molar-refractivity contribution is 6.13. The van der Waals surface area contributed by atoms with E-state index >= 15 is 0 Å². The Bertz CT molecular complexity index is 676. The molecule has 0 fully saturated rings. The van der Waals surface area contributed by atoms with Crippen molar-refractivity contribution >= 4 is 11.6 Å². The number of nitrogens with zero attached hydrogens (tertiary/aromatic N) is 1. The van der Waals surface area contributed by atoms with Gasteiger partial charge >= 0.3 is 0 Å². The lowest BCUT2D eigenvalue weighted by molar-refractivity contribution is -0.114.